The summed E-state index contributed by atoms with van der Waals surface area (Å²) in [5, 5.41) is 12.9. The van der Waals surface area contributed by atoms with Crippen LogP contribution in [0.2, 0.25) is 0 Å². The molecule has 0 aromatic carbocycles. The molecule has 1 N–H and O–H groups in total. The van der Waals surface area contributed by atoms with Crippen molar-refractivity contribution in [2.45, 2.75) is 39.2 Å². The number of hydrogen-bond acceptors (Lipinski definition) is 7. The smallest absolute Gasteiger partial charge is 0.258 e. The highest BCUT2D eigenvalue weighted by Gasteiger charge is 2.29. The first-order chi connectivity index (χ1) is 15.3. The zero-order chi connectivity index (χ0) is 22.5. The second kappa shape index (κ2) is 7.56. The molecule has 5 rings (SSSR count). The van der Waals surface area contributed by atoms with Crippen LogP contribution in [0.3, 0.4) is 0 Å². The lowest BCUT2D eigenvalue weighted by Crippen LogP contribution is -2.35. The van der Waals surface area contributed by atoms with Gasteiger partial charge in [-0.2, -0.15) is 5.10 Å². The first-order valence-corrected chi connectivity index (χ1v) is 11.1. The monoisotopic (exact) mass is 450 g/mol. The second-order valence-electron chi connectivity index (χ2n) is 8.77. The van der Waals surface area contributed by atoms with Gasteiger partial charge in [-0.25, -0.2) is 4.52 Å². The van der Waals surface area contributed by atoms with Gasteiger partial charge in [0.1, 0.15) is 5.76 Å². The van der Waals surface area contributed by atoms with Gasteiger partial charge < -0.3 is 14.7 Å². The van der Waals surface area contributed by atoms with E-state index in [0.29, 0.717) is 47.7 Å². The van der Waals surface area contributed by atoms with Crippen molar-refractivity contribution >= 4 is 34.5 Å². The number of carbonyl (C=O) groups excluding carboxylic acids is 2. The van der Waals surface area contributed by atoms with E-state index in [1.54, 1.807) is 40.3 Å². The Morgan fingerprint density at radius 3 is 2.84 bits per heavy atom. The number of thiophene rings is 1. The van der Waals surface area contributed by atoms with Gasteiger partial charge in [-0.05, 0) is 12.0 Å². The Hall–Kier alpha value is -3.53. The molecular formula is C22H22N6O3S. The summed E-state index contributed by atoms with van der Waals surface area (Å²) < 4.78 is 6.99. The number of nitrogens with zero attached hydrogens (tertiary/aromatic N) is 5. The van der Waals surface area contributed by atoms with Gasteiger partial charge in [0, 0.05) is 40.7 Å². The summed E-state index contributed by atoms with van der Waals surface area (Å²) in [7, 11) is 0. The van der Waals surface area contributed by atoms with Crippen LogP contribution in [0.4, 0.5) is 5.82 Å². The summed E-state index contributed by atoms with van der Waals surface area (Å²) in [5.41, 5.74) is 2.62. The third-order valence-electron chi connectivity index (χ3n) is 5.52. The van der Waals surface area contributed by atoms with Crippen molar-refractivity contribution in [1.29, 1.82) is 0 Å². The average Bonchev–Trinajstić information content (AvgIpc) is 3.50. The number of fused-ring (bicyclic) bond motifs is 2. The molecule has 9 nitrogen and oxygen atoms in total. The molecule has 0 fully saturated rings. The molecule has 1 aliphatic rings. The van der Waals surface area contributed by atoms with Crippen LogP contribution in [-0.4, -0.2) is 43.0 Å². The fourth-order valence-corrected chi connectivity index (χ4v) is 4.83. The molecule has 32 heavy (non-hydrogen) atoms. The summed E-state index contributed by atoms with van der Waals surface area (Å²) >= 11 is 1.49. The van der Waals surface area contributed by atoms with Crippen molar-refractivity contribution in [2.75, 3.05) is 11.9 Å². The van der Waals surface area contributed by atoms with E-state index in [2.05, 4.69) is 20.6 Å². The molecule has 10 heteroatoms. The van der Waals surface area contributed by atoms with Crippen LogP contribution in [0.25, 0.3) is 5.52 Å². The topological polar surface area (TPSA) is 106 Å². The maximum Gasteiger partial charge on any atom is 0.258 e. The molecular weight excluding hydrogens is 428 g/mol. The minimum absolute atomic E-state index is 0.0876. The molecule has 164 valence electrons. The molecule has 0 spiro atoms. The van der Waals surface area contributed by atoms with E-state index >= 15 is 0 Å². The Balaban J connectivity index is 1.32. The van der Waals surface area contributed by atoms with E-state index in [4.69, 9.17) is 4.52 Å². The van der Waals surface area contributed by atoms with Crippen molar-refractivity contribution < 1.29 is 14.1 Å². The lowest BCUT2D eigenvalue weighted by molar-refractivity contribution is 0.0739. The van der Waals surface area contributed by atoms with Crippen LogP contribution in [-0.2, 0) is 18.4 Å². The molecule has 2 amide bonds. The highest BCUT2D eigenvalue weighted by atomic mass is 32.1. The van der Waals surface area contributed by atoms with Gasteiger partial charge in [-0.1, -0.05) is 25.9 Å². The van der Waals surface area contributed by atoms with Gasteiger partial charge in [0.25, 0.3) is 11.8 Å². The summed E-state index contributed by atoms with van der Waals surface area (Å²) in [6.07, 6.45) is 7.16. The van der Waals surface area contributed by atoms with Crippen LogP contribution in [0.1, 0.15) is 57.7 Å². The van der Waals surface area contributed by atoms with Gasteiger partial charge in [0.05, 0.1) is 35.6 Å². The zero-order valence-electron chi connectivity index (χ0n) is 18.0. The molecule has 0 bridgehead atoms. The zero-order valence-corrected chi connectivity index (χ0v) is 18.8. The van der Waals surface area contributed by atoms with E-state index < -0.39 is 0 Å². The maximum atomic E-state index is 13.1. The third-order valence-corrected chi connectivity index (χ3v) is 6.54. The number of aromatic nitrogens is 4. The number of carbonyl (C=O) groups is 2. The lowest BCUT2D eigenvalue weighted by atomic mass is 9.93. The number of anilines is 1. The SMILES string of the molecule is CC(C)(C)c1cc(NC(=O)c2csc3c2CCN(C(=O)c2cnn4ccncc24)C3)no1. The molecule has 4 aromatic rings. The van der Waals surface area contributed by atoms with E-state index in [-0.39, 0.29) is 17.2 Å². The fraction of sp³-hybridized carbons (Fsp3) is 0.318. The van der Waals surface area contributed by atoms with Crippen LogP contribution in [0.15, 0.2) is 40.8 Å². The Morgan fingerprint density at radius 1 is 1.22 bits per heavy atom. The highest BCUT2D eigenvalue weighted by Crippen LogP contribution is 2.31. The minimum atomic E-state index is -0.218. The van der Waals surface area contributed by atoms with E-state index in [1.807, 2.05) is 26.2 Å². The minimum Gasteiger partial charge on any atom is -0.359 e. The molecule has 0 radical (unpaired) electrons. The van der Waals surface area contributed by atoms with Crippen LogP contribution < -0.4 is 5.32 Å². The standard InChI is InChI=1S/C22H22N6O3S/c1-22(2,3)18-8-19(26-31-18)25-20(29)15-12-32-17-11-27(6-4-13(15)17)21(30)14-9-24-28-7-5-23-10-16(14)28/h5,7-10,12H,4,6,11H2,1-3H3,(H,25,26,29). The maximum absolute atomic E-state index is 13.1. The van der Waals surface area contributed by atoms with Crippen LogP contribution >= 0.6 is 11.3 Å². The Labute approximate surface area is 188 Å². The number of amides is 2. The van der Waals surface area contributed by atoms with Crippen molar-refractivity contribution in [3.05, 3.63) is 63.6 Å². The number of hydrogen-bond donors (Lipinski definition) is 1. The molecule has 0 aliphatic carbocycles. The molecule has 0 unspecified atom stereocenters. The lowest BCUT2D eigenvalue weighted by Gasteiger charge is -2.27. The fourth-order valence-electron chi connectivity index (χ4n) is 3.73. The first-order valence-electron chi connectivity index (χ1n) is 10.3. The molecule has 1 aliphatic heterocycles. The van der Waals surface area contributed by atoms with Crippen molar-refractivity contribution in [1.82, 2.24) is 24.7 Å². The van der Waals surface area contributed by atoms with Gasteiger partial charge in [-0.15, -0.1) is 11.3 Å². The van der Waals surface area contributed by atoms with E-state index in [0.717, 1.165) is 10.4 Å². The second-order valence-corrected chi connectivity index (χ2v) is 9.74. The average molecular weight is 451 g/mol. The van der Waals surface area contributed by atoms with Gasteiger partial charge in [0.15, 0.2) is 5.82 Å². The normalized spacial score (nSPS) is 13.9. The Morgan fingerprint density at radius 2 is 2.06 bits per heavy atom. The van der Waals surface area contributed by atoms with Gasteiger partial charge in [0.2, 0.25) is 0 Å². The summed E-state index contributed by atoms with van der Waals surface area (Å²) in [4.78, 5) is 32.9. The predicted molar refractivity (Wildman–Crippen MR) is 119 cm³/mol. The predicted octanol–water partition coefficient (Wildman–Crippen LogP) is 3.53. The van der Waals surface area contributed by atoms with E-state index in [1.165, 1.54) is 11.3 Å². The molecule has 0 atom stereocenters. The Bertz CT molecular complexity index is 1330. The van der Waals surface area contributed by atoms with Crippen molar-refractivity contribution in [3.8, 4) is 0 Å². The Kier molecular flexibility index (Phi) is 4.81. The summed E-state index contributed by atoms with van der Waals surface area (Å²) in [6, 6.07) is 1.75. The van der Waals surface area contributed by atoms with Gasteiger partial charge in [-0.3, -0.25) is 14.6 Å². The molecule has 0 saturated carbocycles. The summed E-state index contributed by atoms with van der Waals surface area (Å²) in [6.45, 7) is 7.04. The molecule has 5 heterocycles. The van der Waals surface area contributed by atoms with Crippen LogP contribution in [0, 0.1) is 0 Å². The van der Waals surface area contributed by atoms with Gasteiger partial charge >= 0.3 is 0 Å². The van der Waals surface area contributed by atoms with E-state index in [9.17, 15) is 9.59 Å². The van der Waals surface area contributed by atoms with Crippen molar-refractivity contribution in [3.63, 3.8) is 0 Å². The third kappa shape index (κ3) is 3.56. The number of nitrogens with one attached hydrogen (secondary N) is 1. The quantitative estimate of drug-likeness (QED) is 0.512. The first kappa shape index (κ1) is 20.4. The molecule has 0 saturated heterocycles. The highest BCUT2D eigenvalue weighted by molar-refractivity contribution is 7.10. The van der Waals surface area contributed by atoms with Crippen LogP contribution in [0.5, 0.6) is 0 Å². The number of rotatable bonds is 3. The largest absolute Gasteiger partial charge is 0.359 e. The van der Waals surface area contributed by atoms with Crippen molar-refractivity contribution in [2.24, 2.45) is 0 Å². The molecule has 4 aromatic heterocycles. The summed E-state index contributed by atoms with van der Waals surface area (Å²) in [5.74, 6) is 0.798.